The minimum absolute atomic E-state index is 0.233. The van der Waals surface area contributed by atoms with Gasteiger partial charge in [-0.1, -0.05) is 12.1 Å². The number of aromatic nitrogens is 2. The van der Waals surface area contributed by atoms with E-state index in [4.69, 9.17) is 5.73 Å². The maximum absolute atomic E-state index is 12.5. The van der Waals surface area contributed by atoms with Crippen LogP contribution in [0, 0.1) is 0 Å². The monoisotopic (exact) mass is 425 g/mol. The van der Waals surface area contributed by atoms with Gasteiger partial charge < -0.3 is 16.0 Å². The third kappa shape index (κ3) is 5.30. The minimum Gasteiger partial charge on any atom is -0.328 e. The van der Waals surface area contributed by atoms with Crippen molar-refractivity contribution in [3.05, 3.63) is 52.6 Å². The van der Waals surface area contributed by atoms with Crippen molar-refractivity contribution in [1.82, 2.24) is 24.7 Å². The molecule has 31 heavy (non-hydrogen) atoms. The van der Waals surface area contributed by atoms with Gasteiger partial charge in [-0.3, -0.25) is 14.8 Å². The molecule has 1 saturated carbocycles. The Bertz CT molecular complexity index is 953. The molecule has 0 bridgehead atoms. The Labute approximate surface area is 182 Å². The van der Waals surface area contributed by atoms with Crippen LogP contribution in [-0.4, -0.2) is 70.7 Å². The summed E-state index contributed by atoms with van der Waals surface area (Å²) >= 11 is 0. The second kappa shape index (κ2) is 9.59. The zero-order chi connectivity index (χ0) is 21.8. The number of hydrogen-bond acceptors (Lipinski definition) is 6. The van der Waals surface area contributed by atoms with Crippen molar-refractivity contribution in [3.63, 3.8) is 0 Å². The first-order chi connectivity index (χ1) is 15.0. The maximum atomic E-state index is 12.5. The van der Waals surface area contributed by atoms with Crippen LogP contribution in [0.25, 0.3) is 5.69 Å². The largest absolute Gasteiger partial charge is 0.354 e. The van der Waals surface area contributed by atoms with Gasteiger partial charge in [0.2, 0.25) is 0 Å². The minimum atomic E-state index is -0.428. The van der Waals surface area contributed by atoms with Gasteiger partial charge in [-0.2, -0.15) is 4.98 Å². The number of anilines is 1. The number of nitrogens with one attached hydrogen (secondary N) is 2. The fraction of sp³-hybridized carbons (Fsp3) is 0.500. The van der Waals surface area contributed by atoms with Gasteiger partial charge in [0.25, 0.3) is 0 Å². The van der Waals surface area contributed by atoms with E-state index in [0.717, 1.165) is 44.6 Å². The third-order valence-electron chi connectivity index (χ3n) is 6.16. The standard InChI is InChI=1S/C22H31N7O2/c1-27(19-7-4-17(23)14-19)15-16-2-5-18(6-3-16)29-11-8-20(26-22(29)31)25-21(30)28-12-9-24-10-13-28/h2-3,5-6,8,11,17,19,24H,4,7,9-10,12-15,23H2,1H3,(H,25,26,30,31). The Balaban J connectivity index is 1.38. The molecule has 4 N–H and O–H groups in total. The molecule has 2 unspecified atom stereocenters. The molecule has 9 heteroatoms. The first kappa shape index (κ1) is 21.5. The first-order valence-electron chi connectivity index (χ1n) is 10.9. The smallest absolute Gasteiger partial charge is 0.328 e. The average molecular weight is 426 g/mol. The molecule has 0 radical (unpaired) electrons. The molecule has 1 aliphatic heterocycles. The fourth-order valence-corrected chi connectivity index (χ4v) is 4.30. The number of nitrogens with two attached hydrogens (primary N) is 1. The lowest BCUT2D eigenvalue weighted by Gasteiger charge is -2.27. The molecule has 2 aliphatic rings. The molecular weight excluding hydrogens is 394 g/mol. The summed E-state index contributed by atoms with van der Waals surface area (Å²) in [6, 6.07) is 10.2. The van der Waals surface area contributed by atoms with E-state index in [0.29, 0.717) is 25.2 Å². The molecule has 2 atom stereocenters. The number of hydrogen-bond donors (Lipinski definition) is 3. The quantitative estimate of drug-likeness (QED) is 0.659. The summed E-state index contributed by atoms with van der Waals surface area (Å²) in [4.78, 5) is 32.9. The predicted molar refractivity (Wildman–Crippen MR) is 120 cm³/mol. The Morgan fingerprint density at radius 2 is 1.97 bits per heavy atom. The zero-order valence-corrected chi connectivity index (χ0v) is 18.0. The summed E-state index contributed by atoms with van der Waals surface area (Å²) < 4.78 is 1.48. The summed E-state index contributed by atoms with van der Waals surface area (Å²) in [6.07, 6.45) is 4.93. The van der Waals surface area contributed by atoms with Gasteiger partial charge in [-0.25, -0.2) is 9.59 Å². The summed E-state index contributed by atoms with van der Waals surface area (Å²) in [7, 11) is 2.14. The SMILES string of the molecule is CN(Cc1ccc(-n2ccc(NC(=O)N3CCNCC3)nc2=O)cc1)C1CCC(N)C1. The normalized spacial score (nSPS) is 21.5. The van der Waals surface area contributed by atoms with Crippen LogP contribution in [0.3, 0.4) is 0 Å². The molecule has 2 fully saturated rings. The number of urea groups is 1. The second-order valence-electron chi connectivity index (χ2n) is 8.44. The first-order valence-corrected chi connectivity index (χ1v) is 10.9. The lowest BCUT2D eigenvalue weighted by molar-refractivity contribution is 0.204. The van der Waals surface area contributed by atoms with E-state index < -0.39 is 5.69 Å². The van der Waals surface area contributed by atoms with Gasteiger partial charge in [-0.05, 0) is 50.1 Å². The van der Waals surface area contributed by atoms with E-state index in [1.807, 2.05) is 24.3 Å². The van der Waals surface area contributed by atoms with E-state index in [-0.39, 0.29) is 11.8 Å². The van der Waals surface area contributed by atoms with Crippen molar-refractivity contribution >= 4 is 11.8 Å². The van der Waals surface area contributed by atoms with Crippen LogP contribution in [0.2, 0.25) is 0 Å². The van der Waals surface area contributed by atoms with Gasteiger partial charge in [0.05, 0.1) is 5.69 Å². The molecule has 9 nitrogen and oxygen atoms in total. The highest BCUT2D eigenvalue weighted by Crippen LogP contribution is 2.23. The lowest BCUT2D eigenvalue weighted by Crippen LogP contribution is -2.48. The molecule has 2 heterocycles. The lowest BCUT2D eigenvalue weighted by atomic mass is 10.1. The molecule has 1 saturated heterocycles. The highest BCUT2D eigenvalue weighted by atomic mass is 16.2. The highest BCUT2D eigenvalue weighted by molar-refractivity contribution is 5.88. The van der Waals surface area contributed by atoms with Crippen molar-refractivity contribution in [2.24, 2.45) is 5.73 Å². The Hall–Kier alpha value is -2.75. The summed E-state index contributed by atoms with van der Waals surface area (Å²) in [5.41, 5.74) is 7.54. The number of rotatable bonds is 5. The second-order valence-corrected chi connectivity index (χ2v) is 8.44. The zero-order valence-electron chi connectivity index (χ0n) is 18.0. The van der Waals surface area contributed by atoms with Crippen LogP contribution in [0.5, 0.6) is 0 Å². The molecule has 166 valence electrons. The Morgan fingerprint density at radius 3 is 2.61 bits per heavy atom. The van der Waals surface area contributed by atoms with Gasteiger partial charge >= 0.3 is 11.7 Å². The van der Waals surface area contributed by atoms with Crippen LogP contribution in [0.1, 0.15) is 24.8 Å². The summed E-state index contributed by atoms with van der Waals surface area (Å²) in [5.74, 6) is 0.262. The molecule has 4 rings (SSSR count). The Morgan fingerprint density at radius 1 is 1.23 bits per heavy atom. The van der Waals surface area contributed by atoms with E-state index in [9.17, 15) is 9.59 Å². The number of carbonyl (C=O) groups excluding carboxylic acids is 1. The van der Waals surface area contributed by atoms with Crippen molar-refractivity contribution in [2.45, 2.75) is 37.9 Å². The van der Waals surface area contributed by atoms with Crippen molar-refractivity contribution in [3.8, 4) is 5.69 Å². The molecule has 2 aromatic rings. The summed E-state index contributed by atoms with van der Waals surface area (Å²) in [5, 5.41) is 5.91. The van der Waals surface area contributed by atoms with Crippen LogP contribution in [0.4, 0.5) is 10.6 Å². The number of benzene rings is 1. The highest BCUT2D eigenvalue weighted by Gasteiger charge is 2.25. The number of piperazine rings is 1. The molecule has 1 aromatic heterocycles. The van der Waals surface area contributed by atoms with Crippen LogP contribution >= 0.6 is 0 Å². The van der Waals surface area contributed by atoms with E-state index in [1.165, 1.54) is 10.1 Å². The van der Waals surface area contributed by atoms with Gasteiger partial charge in [0.1, 0.15) is 5.82 Å². The predicted octanol–water partition coefficient (Wildman–Crippen LogP) is 0.981. The van der Waals surface area contributed by atoms with E-state index in [1.54, 1.807) is 17.2 Å². The third-order valence-corrected chi connectivity index (χ3v) is 6.16. The van der Waals surface area contributed by atoms with E-state index in [2.05, 4.69) is 27.6 Å². The number of nitrogens with zero attached hydrogens (tertiary/aromatic N) is 4. The van der Waals surface area contributed by atoms with Gasteiger partial charge in [0.15, 0.2) is 0 Å². The Kier molecular flexibility index (Phi) is 6.64. The topological polar surface area (TPSA) is 109 Å². The van der Waals surface area contributed by atoms with Gasteiger partial charge in [-0.15, -0.1) is 0 Å². The fourth-order valence-electron chi connectivity index (χ4n) is 4.30. The summed E-state index contributed by atoms with van der Waals surface area (Å²) in [6.45, 7) is 3.66. The number of amides is 2. The molecule has 1 aliphatic carbocycles. The molecule has 1 aromatic carbocycles. The van der Waals surface area contributed by atoms with E-state index >= 15 is 0 Å². The van der Waals surface area contributed by atoms with Gasteiger partial charge in [0, 0.05) is 51.0 Å². The van der Waals surface area contributed by atoms with Crippen LogP contribution in [-0.2, 0) is 6.54 Å². The molecular formula is C22H31N7O2. The van der Waals surface area contributed by atoms with Crippen molar-refractivity contribution in [1.29, 1.82) is 0 Å². The van der Waals surface area contributed by atoms with Crippen molar-refractivity contribution < 1.29 is 4.79 Å². The number of carbonyl (C=O) groups is 1. The van der Waals surface area contributed by atoms with Crippen LogP contribution < -0.4 is 22.1 Å². The van der Waals surface area contributed by atoms with Crippen LogP contribution in [0.15, 0.2) is 41.3 Å². The van der Waals surface area contributed by atoms with Crippen molar-refractivity contribution in [2.75, 3.05) is 38.5 Å². The molecule has 0 spiro atoms. The molecule has 2 amide bonds. The maximum Gasteiger partial charge on any atom is 0.354 e. The average Bonchev–Trinajstić information content (AvgIpc) is 3.22.